The fourth-order valence-corrected chi connectivity index (χ4v) is 2.47. The Labute approximate surface area is 148 Å². The van der Waals surface area contributed by atoms with E-state index in [1.807, 2.05) is 39.0 Å². The number of esters is 1. The molecule has 0 aromatic heterocycles. The van der Waals surface area contributed by atoms with Crippen LogP contribution in [0.2, 0.25) is 0 Å². The maximum absolute atomic E-state index is 12.3. The third-order valence-corrected chi connectivity index (χ3v) is 4.03. The molecule has 1 N–H and O–H groups in total. The van der Waals surface area contributed by atoms with Crippen molar-refractivity contribution in [2.75, 3.05) is 12.4 Å². The van der Waals surface area contributed by atoms with Gasteiger partial charge in [-0.15, -0.1) is 0 Å². The van der Waals surface area contributed by atoms with Crippen molar-refractivity contribution in [1.82, 2.24) is 0 Å². The van der Waals surface area contributed by atoms with Crippen LogP contribution in [0.4, 0.5) is 5.69 Å². The van der Waals surface area contributed by atoms with Crippen molar-refractivity contribution in [2.24, 2.45) is 0 Å². The van der Waals surface area contributed by atoms with Gasteiger partial charge < -0.3 is 14.8 Å². The van der Waals surface area contributed by atoms with Gasteiger partial charge in [-0.25, -0.2) is 4.79 Å². The smallest absolute Gasteiger partial charge is 0.339 e. The molecule has 2 aromatic carbocycles. The van der Waals surface area contributed by atoms with Gasteiger partial charge in [0, 0.05) is 5.69 Å². The summed E-state index contributed by atoms with van der Waals surface area (Å²) in [5.74, 6) is -0.339. The van der Waals surface area contributed by atoms with E-state index in [4.69, 9.17) is 9.47 Å². The van der Waals surface area contributed by atoms with Crippen LogP contribution in [0.15, 0.2) is 36.4 Å². The molecule has 0 saturated carbocycles. The zero-order valence-corrected chi connectivity index (χ0v) is 15.2. The highest BCUT2D eigenvalue weighted by atomic mass is 16.5. The van der Waals surface area contributed by atoms with Crippen LogP contribution in [0, 0.1) is 20.8 Å². The highest BCUT2D eigenvalue weighted by Gasteiger charge is 2.20. The second-order valence-corrected chi connectivity index (χ2v) is 5.99. The minimum absolute atomic E-state index is 0.342. The molecule has 0 saturated heterocycles. The first-order valence-electron chi connectivity index (χ1n) is 8.06. The molecule has 1 atom stereocenters. The molecule has 2 rings (SSSR count). The summed E-state index contributed by atoms with van der Waals surface area (Å²) in [4.78, 5) is 24.6. The van der Waals surface area contributed by atoms with Gasteiger partial charge in [0.15, 0.2) is 6.10 Å². The number of methoxy groups -OCH3 is 1. The molecule has 0 fully saturated rings. The van der Waals surface area contributed by atoms with Crippen molar-refractivity contribution >= 4 is 17.6 Å². The predicted molar refractivity (Wildman–Crippen MR) is 97.2 cm³/mol. The number of amides is 1. The molecule has 25 heavy (non-hydrogen) atoms. The summed E-state index contributed by atoms with van der Waals surface area (Å²) in [6.45, 7) is 7.26. The minimum Gasteiger partial charge on any atom is -0.496 e. The standard InChI is InChI=1S/C20H23NO4/c1-12-9-10-16(11-17(12)24-5)20(23)25-15(4)19(22)21-18-13(2)7-6-8-14(18)3/h6-11,15H,1-5H3,(H,21,22)/t15-/m1/s1. The molecular weight excluding hydrogens is 318 g/mol. The molecule has 0 aliphatic carbocycles. The second kappa shape index (κ2) is 7.83. The van der Waals surface area contributed by atoms with Gasteiger partial charge in [-0.2, -0.15) is 0 Å². The van der Waals surface area contributed by atoms with Crippen molar-refractivity contribution in [1.29, 1.82) is 0 Å². The lowest BCUT2D eigenvalue weighted by Gasteiger charge is -2.16. The number of ether oxygens (including phenoxy) is 2. The number of anilines is 1. The van der Waals surface area contributed by atoms with E-state index in [9.17, 15) is 9.59 Å². The molecule has 0 aliphatic heterocycles. The number of hydrogen-bond acceptors (Lipinski definition) is 4. The Balaban J connectivity index is 2.07. The fraction of sp³-hybridized carbons (Fsp3) is 0.300. The Hall–Kier alpha value is -2.82. The van der Waals surface area contributed by atoms with Gasteiger partial charge in [0.05, 0.1) is 12.7 Å². The highest BCUT2D eigenvalue weighted by molar-refractivity contribution is 5.98. The summed E-state index contributed by atoms with van der Waals surface area (Å²) in [5.41, 5.74) is 3.91. The number of carbonyl (C=O) groups excluding carboxylic acids is 2. The Kier molecular flexibility index (Phi) is 5.80. The zero-order chi connectivity index (χ0) is 18.6. The molecule has 0 spiro atoms. The lowest BCUT2D eigenvalue weighted by molar-refractivity contribution is -0.123. The molecule has 0 radical (unpaired) electrons. The van der Waals surface area contributed by atoms with Gasteiger partial charge in [-0.3, -0.25) is 4.79 Å². The third-order valence-electron chi connectivity index (χ3n) is 4.03. The van der Waals surface area contributed by atoms with Gasteiger partial charge in [0.1, 0.15) is 5.75 Å². The summed E-state index contributed by atoms with van der Waals surface area (Å²) < 4.78 is 10.5. The SMILES string of the molecule is COc1cc(C(=O)O[C@H](C)C(=O)Nc2c(C)cccc2C)ccc1C. The Bertz CT molecular complexity index is 778. The summed E-state index contributed by atoms with van der Waals surface area (Å²) in [6, 6.07) is 10.8. The van der Waals surface area contributed by atoms with Crippen LogP contribution in [0.1, 0.15) is 34.0 Å². The summed E-state index contributed by atoms with van der Waals surface area (Å²) in [6.07, 6.45) is -0.918. The van der Waals surface area contributed by atoms with Crippen molar-refractivity contribution < 1.29 is 19.1 Å². The second-order valence-electron chi connectivity index (χ2n) is 5.99. The largest absolute Gasteiger partial charge is 0.496 e. The topological polar surface area (TPSA) is 64.6 Å². The number of para-hydroxylation sites is 1. The first kappa shape index (κ1) is 18.5. The first-order chi connectivity index (χ1) is 11.8. The average Bonchev–Trinajstić information content (AvgIpc) is 2.58. The number of nitrogens with one attached hydrogen (secondary N) is 1. The van der Waals surface area contributed by atoms with Crippen LogP contribution < -0.4 is 10.1 Å². The van der Waals surface area contributed by atoms with E-state index in [2.05, 4.69) is 5.32 Å². The van der Waals surface area contributed by atoms with E-state index in [0.717, 1.165) is 22.4 Å². The molecule has 1 amide bonds. The summed E-state index contributed by atoms with van der Waals surface area (Å²) in [7, 11) is 1.54. The quantitative estimate of drug-likeness (QED) is 0.840. The summed E-state index contributed by atoms with van der Waals surface area (Å²) in [5, 5.41) is 2.83. The Morgan fingerprint density at radius 3 is 2.24 bits per heavy atom. The highest BCUT2D eigenvalue weighted by Crippen LogP contribution is 2.21. The number of aryl methyl sites for hydroxylation is 3. The lowest BCUT2D eigenvalue weighted by atomic mass is 10.1. The number of hydrogen-bond donors (Lipinski definition) is 1. The van der Waals surface area contributed by atoms with Crippen LogP contribution in [-0.2, 0) is 9.53 Å². The van der Waals surface area contributed by atoms with Crippen molar-refractivity contribution in [3.63, 3.8) is 0 Å². The monoisotopic (exact) mass is 341 g/mol. The normalized spacial score (nSPS) is 11.6. The van der Waals surface area contributed by atoms with Gasteiger partial charge in [-0.05, 0) is 56.5 Å². The van der Waals surface area contributed by atoms with E-state index in [1.54, 1.807) is 25.1 Å². The van der Waals surface area contributed by atoms with Crippen molar-refractivity contribution in [3.05, 3.63) is 58.7 Å². The van der Waals surface area contributed by atoms with E-state index in [1.165, 1.54) is 7.11 Å². The predicted octanol–water partition coefficient (Wildman–Crippen LogP) is 3.80. The van der Waals surface area contributed by atoms with Crippen LogP contribution in [0.25, 0.3) is 0 Å². The molecular formula is C20H23NO4. The van der Waals surface area contributed by atoms with Gasteiger partial charge in [0.2, 0.25) is 0 Å². The maximum Gasteiger partial charge on any atom is 0.339 e. The van der Waals surface area contributed by atoms with E-state index in [0.29, 0.717) is 11.3 Å². The molecule has 0 bridgehead atoms. The fourth-order valence-electron chi connectivity index (χ4n) is 2.47. The molecule has 5 heteroatoms. The minimum atomic E-state index is -0.918. The lowest BCUT2D eigenvalue weighted by Crippen LogP contribution is -2.30. The molecule has 2 aromatic rings. The van der Waals surface area contributed by atoms with Crippen LogP contribution in [0.3, 0.4) is 0 Å². The van der Waals surface area contributed by atoms with Crippen LogP contribution >= 0.6 is 0 Å². The molecule has 0 aliphatic rings. The van der Waals surface area contributed by atoms with Gasteiger partial charge in [-0.1, -0.05) is 24.3 Å². The molecule has 0 heterocycles. The molecule has 132 valence electrons. The van der Waals surface area contributed by atoms with Gasteiger partial charge in [0.25, 0.3) is 5.91 Å². The third kappa shape index (κ3) is 4.38. The molecule has 5 nitrogen and oxygen atoms in total. The zero-order valence-electron chi connectivity index (χ0n) is 15.2. The van der Waals surface area contributed by atoms with Crippen molar-refractivity contribution in [2.45, 2.75) is 33.8 Å². The van der Waals surface area contributed by atoms with E-state index < -0.39 is 12.1 Å². The van der Waals surface area contributed by atoms with E-state index >= 15 is 0 Å². The number of benzene rings is 2. The number of rotatable bonds is 5. The first-order valence-corrected chi connectivity index (χ1v) is 8.06. The summed E-state index contributed by atoms with van der Waals surface area (Å²) >= 11 is 0. The average molecular weight is 341 g/mol. The molecule has 0 unspecified atom stereocenters. The van der Waals surface area contributed by atoms with Crippen LogP contribution in [-0.4, -0.2) is 25.1 Å². The maximum atomic E-state index is 12.3. The Morgan fingerprint density at radius 1 is 1.00 bits per heavy atom. The van der Waals surface area contributed by atoms with Crippen molar-refractivity contribution in [3.8, 4) is 5.75 Å². The van der Waals surface area contributed by atoms with Crippen LogP contribution in [0.5, 0.6) is 5.75 Å². The van der Waals surface area contributed by atoms with E-state index in [-0.39, 0.29) is 5.91 Å². The number of carbonyl (C=O) groups is 2. The van der Waals surface area contributed by atoms with Gasteiger partial charge >= 0.3 is 5.97 Å². The Morgan fingerprint density at radius 2 is 1.64 bits per heavy atom.